The van der Waals surface area contributed by atoms with Gasteiger partial charge in [0, 0.05) is 41.7 Å². The van der Waals surface area contributed by atoms with Gasteiger partial charge in [-0.3, -0.25) is 4.98 Å². The predicted octanol–water partition coefficient (Wildman–Crippen LogP) is 5.10. The van der Waals surface area contributed by atoms with Gasteiger partial charge in [-0.15, -0.1) is 0 Å². The number of aromatic nitrogens is 2. The Bertz CT molecular complexity index is 842. The molecular weight excluding hydrogens is 330 g/mol. The molecule has 0 unspecified atom stereocenters. The molecule has 0 saturated heterocycles. The molecule has 4 rings (SSSR count). The second kappa shape index (κ2) is 7.51. The SMILES string of the molecule is Clc1cc2c(C3CCC(NCc4ccccc4)CC3)nccc2cn1. The molecule has 1 fully saturated rings. The fraction of sp³-hybridized carbons (Fsp3) is 0.333. The van der Waals surface area contributed by atoms with E-state index in [9.17, 15) is 0 Å². The fourth-order valence-electron chi connectivity index (χ4n) is 3.82. The van der Waals surface area contributed by atoms with Gasteiger partial charge in [-0.05, 0) is 43.4 Å². The molecule has 1 saturated carbocycles. The van der Waals surface area contributed by atoms with Gasteiger partial charge in [0.2, 0.25) is 0 Å². The molecule has 1 N–H and O–H groups in total. The van der Waals surface area contributed by atoms with E-state index in [1.165, 1.54) is 36.9 Å². The molecule has 3 aromatic rings. The maximum Gasteiger partial charge on any atom is 0.129 e. The summed E-state index contributed by atoms with van der Waals surface area (Å²) in [6.45, 7) is 0.948. The Labute approximate surface area is 153 Å². The Morgan fingerprint density at radius 3 is 2.60 bits per heavy atom. The summed E-state index contributed by atoms with van der Waals surface area (Å²) in [5.74, 6) is 0.511. The van der Waals surface area contributed by atoms with Crippen molar-refractivity contribution in [2.45, 2.75) is 44.2 Å². The normalized spacial score (nSPS) is 20.7. The van der Waals surface area contributed by atoms with Crippen LogP contribution in [0.2, 0.25) is 5.15 Å². The molecule has 128 valence electrons. The largest absolute Gasteiger partial charge is 0.310 e. The zero-order chi connectivity index (χ0) is 17.1. The van der Waals surface area contributed by atoms with E-state index in [2.05, 4.69) is 45.6 Å². The van der Waals surface area contributed by atoms with Gasteiger partial charge in [-0.25, -0.2) is 4.98 Å². The molecule has 3 nitrogen and oxygen atoms in total. The third-order valence-corrected chi connectivity index (χ3v) is 5.40. The predicted molar refractivity (Wildman–Crippen MR) is 103 cm³/mol. The van der Waals surface area contributed by atoms with Crippen LogP contribution in [0.5, 0.6) is 0 Å². The molecule has 0 aliphatic heterocycles. The van der Waals surface area contributed by atoms with Crippen LogP contribution in [0.25, 0.3) is 10.8 Å². The van der Waals surface area contributed by atoms with Crippen molar-refractivity contribution in [3.05, 3.63) is 71.3 Å². The first kappa shape index (κ1) is 16.5. The van der Waals surface area contributed by atoms with E-state index in [1.54, 1.807) is 0 Å². The van der Waals surface area contributed by atoms with Crippen molar-refractivity contribution in [3.8, 4) is 0 Å². The fourth-order valence-corrected chi connectivity index (χ4v) is 3.97. The smallest absolute Gasteiger partial charge is 0.129 e. The summed E-state index contributed by atoms with van der Waals surface area (Å²) < 4.78 is 0. The van der Waals surface area contributed by atoms with Crippen molar-refractivity contribution in [1.82, 2.24) is 15.3 Å². The van der Waals surface area contributed by atoms with Crippen LogP contribution >= 0.6 is 11.6 Å². The summed E-state index contributed by atoms with van der Waals surface area (Å²) in [4.78, 5) is 8.87. The highest BCUT2D eigenvalue weighted by molar-refractivity contribution is 6.30. The summed E-state index contributed by atoms with van der Waals surface area (Å²) in [6.07, 6.45) is 8.45. The first-order valence-corrected chi connectivity index (χ1v) is 9.35. The van der Waals surface area contributed by atoms with E-state index in [-0.39, 0.29) is 0 Å². The van der Waals surface area contributed by atoms with Crippen molar-refractivity contribution in [3.63, 3.8) is 0 Å². The molecular formula is C21H22ClN3. The highest BCUT2D eigenvalue weighted by atomic mass is 35.5. The lowest BCUT2D eigenvalue weighted by Crippen LogP contribution is -2.32. The summed E-state index contributed by atoms with van der Waals surface area (Å²) >= 11 is 6.10. The van der Waals surface area contributed by atoms with Crippen LogP contribution < -0.4 is 5.32 Å². The number of rotatable bonds is 4. The molecule has 0 spiro atoms. The second-order valence-electron chi connectivity index (χ2n) is 6.84. The minimum absolute atomic E-state index is 0.511. The summed E-state index contributed by atoms with van der Waals surface area (Å²) in [5.41, 5.74) is 2.53. The Morgan fingerprint density at radius 1 is 1.00 bits per heavy atom. The van der Waals surface area contributed by atoms with E-state index in [4.69, 9.17) is 11.6 Å². The lowest BCUT2D eigenvalue weighted by atomic mass is 9.82. The van der Waals surface area contributed by atoms with Gasteiger partial charge < -0.3 is 5.32 Å². The van der Waals surface area contributed by atoms with Gasteiger partial charge in [-0.2, -0.15) is 0 Å². The molecule has 2 aromatic heterocycles. The molecule has 25 heavy (non-hydrogen) atoms. The number of hydrogen-bond donors (Lipinski definition) is 1. The number of halogens is 1. The molecule has 0 atom stereocenters. The van der Waals surface area contributed by atoms with Crippen LogP contribution in [0.3, 0.4) is 0 Å². The number of hydrogen-bond acceptors (Lipinski definition) is 3. The number of nitrogens with zero attached hydrogens (tertiary/aromatic N) is 2. The van der Waals surface area contributed by atoms with Crippen molar-refractivity contribution < 1.29 is 0 Å². The van der Waals surface area contributed by atoms with Gasteiger partial charge in [0.15, 0.2) is 0 Å². The third-order valence-electron chi connectivity index (χ3n) is 5.20. The van der Waals surface area contributed by atoms with Gasteiger partial charge in [0.25, 0.3) is 0 Å². The number of pyridine rings is 2. The lowest BCUT2D eigenvalue weighted by molar-refractivity contribution is 0.339. The van der Waals surface area contributed by atoms with E-state index in [0.717, 1.165) is 17.3 Å². The van der Waals surface area contributed by atoms with Gasteiger partial charge >= 0.3 is 0 Å². The van der Waals surface area contributed by atoms with Crippen LogP contribution in [0.15, 0.2) is 54.9 Å². The average Bonchev–Trinajstić information content (AvgIpc) is 2.67. The van der Waals surface area contributed by atoms with Crippen molar-refractivity contribution in [1.29, 1.82) is 0 Å². The minimum Gasteiger partial charge on any atom is -0.310 e. The molecule has 1 aromatic carbocycles. The summed E-state index contributed by atoms with van der Waals surface area (Å²) in [6, 6.07) is 15.2. The zero-order valence-electron chi connectivity index (χ0n) is 14.2. The number of benzene rings is 1. The van der Waals surface area contributed by atoms with Crippen molar-refractivity contribution >= 4 is 22.4 Å². The quantitative estimate of drug-likeness (QED) is 0.664. The average molecular weight is 352 g/mol. The third kappa shape index (κ3) is 3.83. The van der Waals surface area contributed by atoms with Crippen molar-refractivity contribution in [2.24, 2.45) is 0 Å². The van der Waals surface area contributed by atoms with E-state index in [0.29, 0.717) is 17.1 Å². The molecule has 2 heterocycles. The van der Waals surface area contributed by atoms with E-state index < -0.39 is 0 Å². The highest BCUT2D eigenvalue weighted by Crippen LogP contribution is 2.35. The minimum atomic E-state index is 0.511. The Balaban J connectivity index is 1.41. The second-order valence-corrected chi connectivity index (χ2v) is 7.23. The molecule has 4 heteroatoms. The molecule has 1 aliphatic carbocycles. The highest BCUT2D eigenvalue weighted by Gasteiger charge is 2.24. The van der Waals surface area contributed by atoms with Crippen LogP contribution in [-0.2, 0) is 6.54 Å². The summed E-state index contributed by atoms with van der Waals surface area (Å²) in [7, 11) is 0. The first-order chi connectivity index (χ1) is 12.3. The monoisotopic (exact) mass is 351 g/mol. The topological polar surface area (TPSA) is 37.8 Å². The van der Waals surface area contributed by atoms with E-state index in [1.807, 2.05) is 24.5 Å². The number of nitrogens with one attached hydrogen (secondary N) is 1. The Morgan fingerprint density at radius 2 is 1.80 bits per heavy atom. The van der Waals surface area contributed by atoms with Crippen LogP contribution in [0.4, 0.5) is 0 Å². The van der Waals surface area contributed by atoms with Gasteiger partial charge in [-0.1, -0.05) is 41.9 Å². The van der Waals surface area contributed by atoms with Gasteiger partial charge in [0.05, 0.1) is 5.69 Å². The van der Waals surface area contributed by atoms with Gasteiger partial charge in [0.1, 0.15) is 5.15 Å². The standard InChI is InChI=1S/C21H22ClN3/c22-20-12-19-17(14-25-20)10-11-23-21(19)16-6-8-18(9-7-16)24-13-15-4-2-1-3-5-15/h1-5,10-12,14,16,18,24H,6-9,13H2. The zero-order valence-corrected chi connectivity index (χ0v) is 14.9. The summed E-state index contributed by atoms with van der Waals surface area (Å²) in [5, 5.41) is 6.53. The van der Waals surface area contributed by atoms with Crippen LogP contribution in [0.1, 0.15) is 42.9 Å². The lowest BCUT2D eigenvalue weighted by Gasteiger charge is -2.29. The Hall–Kier alpha value is -1.97. The van der Waals surface area contributed by atoms with Crippen LogP contribution in [0, 0.1) is 0 Å². The molecule has 0 amide bonds. The van der Waals surface area contributed by atoms with E-state index >= 15 is 0 Å². The van der Waals surface area contributed by atoms with Crippen molar-refractivity contribution in [2.75, 3.05) is 0 Å². The molecule has 0 bridgehead atoms. The molecule has 1 aliphatic rings. The maximum atomic E-state index is 6.10. The Kier molecular flexibility index (Phi) is 4.95. The number of fused-ring (bicyclic) bond motifs is 1. The maximum absolute atomic E-state index is 6.10. The first-order valence-electron chi connectivity index (χ1n) is 8.97. The molecule has 0 radical (unpaired) electrons. The van der Waals surface area contributed by atoms with Crippen LogP contribution in [-0.4, -0.2) is 16.0 Å².